The van der Waals surface area contributed by atoms with Crippen LogP contribution in [0.2, 0.25) is 0 Å². The van der Waals surface area contributed by atoms with Gasteiger partial charge in [-0.15, -0.1) is 0 Å². The fourth-order valence-corrected chi connectivity index (χ4v) is 1.11. The molecule has 1 aromatic rings. The first-order chi connectivity index (χ1) is 8.13. The molecule has 0 heterocycles. The van der Waals surface area contributed by atoms with Crippen molar-refractivity contribution in [2.75, 3.05) is 6.61 Å². The quantitative estimate of drug-likeness (QED) is 0.769. The van der Waals surface area contributed by atoms with Gasteiger partial charge in [-0.1, -0.05) is 0 Å². The molecule has 0 aliphatic carbocycles. The summed E-state index contributed by atoms with van der Waals surface area (Å²) < 4.78 is 77.1. The van der Waals surface area contributed by atoms with Gasteiger partial charge < -0.3 is 4.74 Å². The maximum atomic E-state index is 12.5. The van der Waals surface area contributed by atoms with E-state index in [1.54, 1.807) is 0 Å². The minimum Gasteiger partial charge on any atom is -0.483 e. The highest BCUT2D eigenvalue weighted by molar-refractivity contribution is 5.43. The number of nitrogens with zero attached hydrogens (tertiary/aromatic N) is 1. The highest BCUT2D eigenvalue weighted by atomic mass is 19.4. The molecule has 0 bridgehead atoms. The predicted molar refractivity (Wildman–Crippen MR) is 47.7 cm³/mol. The van der Waals surface area contributed by atoms with Crippen molar-refractivity contribution in [2.45, 2.75) is 12.4 Å². The second kappa shape index (κ2) is 4.76. The second-order valence-corrected chi connectivity index (χ2v) is 3.22. The minimum atomic E-state index is -4.85. The van der Waals surface area contributed by atoms with Crippen molar-refractivity contribution in [3.63, 3.8) is 0 Å². The van der Waals surface area contributed by atoms with E-state index in [0.29, 0.717) is 12.1 Å². The average Bonchev–Trinajstić information content (AvgIpc) is 2.23. The van der Waals surface area contributed by atoms with Crippen LogP contribution >= 0.6 is 0 Å². The first kappa shape index (κ1) is 14.2. The van der Waals surface area contributed by atoms with E-state index in [1.807, 2.05) is 0 Å². The molecule has 0 amide bonds. The lowest BCUT2D eigenvalue weighted by Crippen LogP contribution is -2.21. The topological polar surface area (TPSA) is 33.0 Å². The van der Waals surface area contributed by atoms with Gasteiger partial charge in [-0.3, -0.25) is 0 Å². The van der Waals surface area contributed by atoms with Crippen molar-refractivity contribution in [3.05, 3.63) is 29.3 Å². The Kier molecular flexibility index (Phi) is 3.74. The van der Waals surface area contributed by atoms with E-state index in [9.17, 15) is 26.3 Å². The summed E-state index contributed by atoms with van der Waals surface area (Å²) >= 11 is 0. The molecule has 0 aliphatic rings. The summed E-state index contributed by atoms with van der Waals surface area (Å²) in [6.45, 7) is -1.86. The Bertz CT molecular complexity index is 471. The lowest BCUT2D eigenvalue weighted by atomic mass is 10.1. The largest absolute Gasteiger partial charge is 0.483 e. The molecular weight excluding hydrogens is 264 g/mol. The predicted octanol–water partition coefficient (Wildman–Crippen LogP) is 3.52. The highest BCUT2D eigenvalue weighted by Gasteiger charge is 2.36. The molecule has 0 unspecified atom stereocenters. The molecule has 0 N–H and O–H groups in total. The molecule has 1 aromatic carbocycles. The fraction of sp³-hybridized carbons (Fsp3) is 0.300. The lowest BCUT2D eigenvalue weighted by molar-refractivity contribution is -0.158. The van der Waals surface area contributed by atoms with Crippen molar-refractivity contribution in [1.29, 1.82) is 5.26 Å². The number of ether oxygens (including phenoxy) is 1. The van der Waals surface area contributed by atoms with Crippen molar-refractivity contribution >= 4 is 0 Å². The number of hydrogen-bond acceptors (Lipinski definition) is 2. The average molecular weight is 269 g/mol. The molecule has 18 heavy (non-hydrogen) atoms. The van der Waals surface area contributed by atoms with Crippen LogP contribution in [0.3, 0.4) is 0 Å². The first-order valence-electron chi connectivity index (χ1n) is 4.44. The molecule has 0 saturated heterocycles. The summed E-state index contributed by atoms with van der Waals surface area (Å²) in [7, 11) is 0. The Morgan fingerprint density at radius 3 is 2.17 bits per heavy atom. The Morgan fingerprint density at radius 1 is 1.11 bits per heavy atom. The van der Waals surface area contributed by atoms with E-state index in [2.05, 4.69) is 4.74 Å². The SMILES string of the molecule is N#Cc1ccc(C(F)(F)F)c(OCC(F)(F)F)c1. The van der Waals surface area contributed by atoms with E-state index >= 15 is 0 Å². The summed E-state index contributed by atoms with van der Waals surface area (Å²) in [4.78, 5) is 0. The van der Waals surface area contributed by atoms with Crippen LogP contribution in [-0.4, -0.2) is 12.8 Å². The third kappa shape index (κ3) is 3.84. The highest BCUT2D eigenvalue weighted by Crippen LogP contribution is 2.37. The van der Waals surface area contributed by atoms with E-state index in [4.69, 9.17) is 5.26 Å². The molecule has 98 valence electrons. The van der Waals surface area contributed by atoms with Gasteiger partial charge in [-0.2, -0.15) is 31.6 Å². The van der Waals surface area contributed by atoms with Crippen LogP contribution in [-0.2, 0) is 6.18 Å². The molecule has 2 nitrogen and oxygen atoms in total. The molecule has 1 rings (SSSR count). The molecule has 0 saturated carbocycles. The van der Waals surface area contributed by atoms with Crippen LogP contribution in [0.25, 0.3) is 0 Å². The maximum Gasteiger partial charge on any atom is 0.422 e. The molecule has 0 spiro atoms. The number of alkyl halides is 6. The van der Waals surface area contributed by atoms with Crippen molar-refractivity contribution in [3.8, 4) is 11.8 Å². The van der Waals surface area contributed by atoms with Gasteiger partial charge in [0.05, 0.1) is 17.2 Å². The van der Waals surface area contributed by atoms with Gasteiger partial charge in [0.25, 0.3) is 0 Å². The molecule has 0 aliphatic heterocycles. The standard InChI is InChI=1S/C10H5F6NO/c11-9(12,13)5-18-8-3-6(4-17)1-2-7(8)10(14,15)16/h1-3H,5H2. The zero-order chi connectivity index (χ0) is 14.0. The Morgan fingerprint density at radius 2 is 1.72 bits per heavy atom. The number of rotatable bonds is 2. The van der Waals surface area contributed by atoms with Crippen molar-refractivity contribution in [2.24, 2.45) is 0 Å². The monoisotopic (exact) mass is 269 g/mol. The van der Waals surface area contributed by atoms with Crippen molar-refractivity contribution in [1.82, 2.24) is 0 Å². The zero-order valence-electron chi connectivity index (χ0n) is 8.56. The van der Waals surface area contributed by atoms with Crippen LogP contribution < -0.4 is 4.74 Å². The maximum absolute atomic E-state index is 12.5. The van der Waals surface area contributed by atoms with Crippen molar-refractivity contribution < 1.29 is 31.1 Å². The zero-order valence-corrected chi connectivity index (χ0v) is 8.56. The smallest absolute Gasteiger partial charge is 0.422 e. The number of halogens is 6. The van der Waals surface area contributed by atoms with Gasteiger partial charge in [-0.25, -0.2) is 0 Å². The van der Waals surface area contributed by atoms with E-state index in [0.717, 1.165) is 6.07 Å². The number of hydrogen-bond donors (Lipinski definition) is 0. The third-order valence-electron chi connectivity index (χ3n) is 1.81. The molecular formula is C10H5F6NO. The molecule has 0 radical (unpaired) electrons. The lowest BCUT2D eigenvalue weighted by Gasteiger charge is -2.15. The van der Waals surface area contributed by atoms with Crippen LogP contribution in [0.4, 0.5) is 26.3 Å². The molecule has 8 heteroatoms. The summed E-state index contributed by atoms with van der Waals surface area (Å²) in [6.07, 6.45) is -9.61. The normalized spacial score (nSPS) is 12.1. The summed E-state index contributed by atoms with van der Waals surface area (Å²) in [5.41, 5.74) is -1.58. The van der Waals surface area contributed by atoms with Crippen LogP contribution in [0.5, 0.6) is 5.75 Å². The van der Waals surface area contributed by atoms with Gasteiger partial charge >= 0.3 is 12.4 Å². The van der Waals surface area contributed by atoms with E-state index < -0.39 is 30.3 Å². The fourth-order valence-electron chi connectivity index (χ4n) is 1.11. The van der Waals surface area contributed by atoms with E-state index in [-0.39, 0.29) is 5.56 Å². The number of nitriles is 1. The molecule has 0 atom stereocenters. The van der Waals surface area contributed by atoms with E-state index in [1.165, 1.54) is 6.07 Å². The van der Waals surface area contributed by atoms with Gasteiger partial charge in [-0.05, 0) is 18.2 Å². The second-order valence-electron chi connectivity index (χ2n) is 3.22. The number of benzene rings is 1. The Balaban J connectivity index is 3.10. The van der Waals surface area contributed by atoms with Crippen LogP contribution in [0, 0.1) is 11.3 Å². The summed E-state index contributed by atoms with van der Waals surface area (Å²) in [5.74, 6) is -1.01. The van der Waals surface area contributed by atoms with Crippen LogP contribution in [0.1, 0.15) is 11.1 Å². The van der Waals surface area contributed by atoms with Crippen LogP contribution in [0.15, 0.2) is 18.2 Å². The Labute approximate surface area is 97.4 Å². The first-order valence-corrected chi connectivity index (χ1v) is 4.44. The van der Waals surface area contributed by atoms with Gasteiger partial charge in [0.1, 0.15) is 5.75 Å². The molecule has 0 aromatic heterocycles. The Hall–Kier alpha value is -1.91. The van der Waals surface area contributed by atoms with Gasteiger partial charge in [0, 0.05) is 0 Å². The van der Waals surface area contributed by atoms with Gasteiger partial charge in [0.2, 0.25) is 0 Å². The summed E-state index contributed by atoms with van der Waals surface area (Å²) in [5, 5.41) is 8.47. The summed E-state index contributed by atoms with van der Waals surface area (Å²) in [6, 6.07) is 3.49. The molecule has 0 fully saturated rings. The third-order valence-corrected chi connectivity index (χ3v) is 1.81. The minimum absolute atomic E-state index is 0.222. The van der Waals surface area contributed by atoms with Gasteiger partial charge in [0.15, 0.2) is 6.61 Å².